The Kier molecular flexibility index (Phi) is 6.23. The first-order chi connectivity index (χ1) is 13.6. The molecule has 8 nitrogen and oxygen atoms in total. The molecule has 0 saturated heterocycles. The number of ether oxygens (including phenoxy) is 2. The van der Waals surface area contributed by atoms with Gasteiger partial charge in [-0.25, -0.2) is 0 Å². The Bertz CT molecular complexity index is 972. The molecule has 0 bridgehead atoms. The number of rotatable bonds is 7. The number of halogens is 1. The number of hydrogen-bond donors (Lipinski definition) is 1. The monoisotopic (exact) mass is 401 g/mol. The Balaban J connectivity index is 1.48. The summed E-state index contributed by atoms with van der Waals surface area (Å²) < 4.78 is 15.1. The number of carbonyl (C=O) groups excluding carboxylic acids is 2. The number of esters is 1. The lowest BCUT2D eigenvalue weighted by molar-refractivity contribution is -0.144. The van der Waals surface area contributed by atoms with Crippen molar-refractivity contribution in [1.82, 2.24) is 15.5 Å². The van der Waals surface area contributed by atoms with Crippen molar-refractivity contribution < 1.29 is 23.6 Å². The maximum atomic E-state index is 12.0. The van der Waals surface area contributed by atoms with E-state index < -0.39 is 11.9 Å². The van der Waals surface area contributed by atoms with Crippen molar-refractivity contribution in [3.63, 3.8) is 0 Å². The Morgan fingerprint density at radius 3 is 2.61 bits per heavy atom. The topological polar surface area (TPSA) is 104 Å². The highest BCUT2D eigenvalue weighted by Gasteiger charge is 2.14. The summed E-state index contributed by atoms with van der Waals surface area (Å²) in [4.78, 5) is 28.0. The molecule has 0 saturated carbocycles. The number of methoxy groups -OCH3 is 1. The number of hydrogen-bond acceptors (Lipinski definition) is 7. The van der Waals surface area contributed by atoms with Gasteiger partial charge in [-0.15, -0.1) is 0 Å². The number of amides is 1. The average molecular weight is 402 g/mol. The lowest BCUT2D eigenvalue weighted by Crippen LogP contribution is -2.30. The van der Waals surface area contributed by atoms with Gasteiger partial charge in [0.15, 0.2) is 6.61 Å². The number of benzene rings is 2. The molecule has 0 spiro atoms. The van der Waals surface area contributed by atoms with Gasteiger partial charge in [-0.05, 0) is 36.4 Å². The summed E-state index contributed by atoms with van der Waals surface area (Å²) in [5.74, 6) is -0.00126. The third kappa shape index (κ3) is 4.86. The highest BCUT2D eigenvalue weighted by molar-refractivity contribution is 6.33. The van der Waals surface area contributed by atoms with Gasteiger partial charge in [0.05, 0.1) is 12.1 Å². The van der Waals surface area contributed by atoms with E-state index in [0.29, 0.717) is 27.7 Å². The summed E-state index contributed by atoms with van der Waals surface area (Å²) in [6.45, 7) is -0.509. The van der Waals surface area contributed by atoms with E-state index in [2.05, 4.69) is 15.5 Å². The molecule has 0 unspecified atom stereocenters. The number of nitrogens with one attached hydrogen (secondary N) is 1. The van der Waals surface area contributed by atoms with Crippen LogP contribution in [0, 0.1) is 0 Å². The molecule has 1 aromatic heterocycles. The van der Waals surface area contributed by atoms with E-state index in [9.17, 15) is 9.59 Å². The van der Waals surface area contributed by atoms with Crippen molar-refractivity contribution in [2.24, 2.45) is 0 Å². The molecule has 144 valence electrons. The zero-order valence-electron chi connectivity index (χ0n) is 14.8. The lowest BCUT2D eigenvalue weighted by atomic mass is 10.2. The second-order valence-electron chi connectivity index (χ2n) is 5.56. The van der Waals surface area contributed by atoms with Crippen molar-refractivity contribution in [2.45, 2.75) is 6.61 Å². The van der Waals surface area contributed by atoms with Crippen LogP contribution >= 0.6 is 11.6 Å². The molecule has 2 aromatic carbocycles. The Morgan fingerprint density at radius 2 is 1.89 bits per heavy atom. The molecule has 3 aromatic rings. The smallest absolute Gasteiger partial charge is 0.325 e. The first kappa shape index (κ1) is 19.4. The van der Waals surface area contributed by atoms with Gasteiger partial charge in [0.25, 0.3) is 11.8 Å². The summed E-state index contributed by atoms with van der Waals surface area (Å²) in [6, 6.07) is 13.5. The third-order valence-electron chi connectivity index (χ3n) is 3.68. The molecule has 9 heteroatoms. The van der Waals surface area contributed by atoms with Gasteiger partial charge in [0, 0.05) is 11.1 Å². The van der Waals surface area contributed by atoms with Crippen LogP contribution in [0.15, 0.2) is 53.1 Å². The Morgan fingerprint density at radius 1 is 1.14 bits per heavy atom. The average Bonchev–Trinajstić information content (AvgIpc) is 3.19. The van der Waals surface area contributed by atoms with Gasteiger partial charge in [-0.1, -0.05) is 28.9 Å². The second-order valence-corrected chi connectivity index (χ2v) is 5.97. The highest BCUT2D eigenvalue weighted by atomic mass is 35.5. The Labute approximate surface area is 165 Å². The van der Waals surface area contributed by atoms with Crippen LogP contribution in [0.2, 0.25) is 5.02 Å². The van der Waals surface area contributed by atoms with E-state index in [-0.39, 0.29) is 19.0 Å². The van der Waals surface area contributed by atoms with Crippen LogP contribution in [0.5, 0.6) is 5.75 Å². The summed E-state index contributed by atoms with van der Waals surface area (Å²) in [6.07, 6.45) is 0. The quantitative estimate of drug-likeness (QED) is 0.607. The molecule has 28 heavy (non-hydrogen) atoms. The van der Waals surface area contributed by atoms with Crippen molar-refractivity contribution >= 4 is 23.5 Å². The third-order valence-corrected chi connectivity index (χ3v) is 4.01. The van der Waals surface area contributed by atoms with Crippen LogP contribution in [0.4, 0.5) is 0 Å². The number of nitrogens with zero attached hydrogens (tertiary/aromatic N) is 2. The summed E-state index contributed by atoms with van der Waals surface area (Å²) in [5.41, 5.74) is 1.01. The fraction of sp³-hybridized carbons (Fsp3) is 0.158. The molecule has 0 aliphatic rings. The van der Waals surface area contributed by atoms with Crippen molar-refractivity contribution in [3.05, 3.63) is 65.0 Å². The van der Waals surface area contributed by atoms with Crippen molar-refractivity contribution in [1.29, 1.82) is 0 Å². The van der Waals surface area contributed by atoms with Crippen LogP contribution < -0.4 is 10.1 Å². The molecule has 3 rings (SSSR count). The number of carbonyl (C=O) groups is 2. The minimum Gasteiger partial charge on any atom is -0.497 e. The summed E-state index contributed by atoms with van der Waals surface area (Å²) in [7, 11) is 1.53. The van der Waals surface area contributed by atoms with Gasteiger partial charge in [-0.2, -0.15) is 4.98 Å². The minimum atomic E-state index is -0.639. The van der Waals surface area contributed by atoms with Crippen LogP contribution in [0.1, 0.15) is 16.2 Å². The van der Waals surface area contributed by atoms with Crippen molar-refractivity contribution in [3.8, 4) is 17.1 Å². The van der Waals surface area contributed by atoms with E-state index in [1.54, 1.807) is 48.5 Å². The fourth-order valence-corrected chi connectivity index (χ4v) is 2.48. The van der Waals surface area contributed by atoms with E-state index in [4.69, 9.17) is 25.6 Å². The molecule has 0 aliphatic heterocycles. The molecular weight excluding hydrogens is 386 g/mol. The summed E-state index contributed by atoms with van der Waals surface area (Å²) in [5, 5.41) is 6.76. The summed E-state index contributed by atoms with van der Waals surface area (Å²) >= 11 is 6.08. The predicted octanol–water partition coefficient (Wildman–Crippen LogP) is 2.87. The van der Waals surface area contributed by atoms with Crippen LogP contribution in [0.3, 0.4) is 0 Å². The first-order valence-electron chi connectivity index (χ1n) is 8.22. The lowest BCUT2D eigenvalue weighted by Gasteiger charge is -2.06. The molecule has 0 atom stereocenters. The van der Waals surface area contributed by atoms with Gasteiger partial charge in [0.1, 0.15) is 12.3 Å². The van der Waals surface area contributed by atoms with Gasteiger partial charge < -0.3 is 19.3 Å². The first-order valence-corrected chi connectivity index (χ1v) is 8.60. The minimum absolute atomic E-state index is 0.116. The van der Waals surface area contributed by atoms with Gasteiger partial charge in [0.2, 0.25) is 5.82 Å². The number of aromatic nitrogens is 2. The normalized spacial score (nSPS) is 10.4. The van der Waals surface area contributed by atoms with E-state index >= 15 is 0 Å². The molecule has 1 N–H and O–H groups in total. The molecule has 1 heterocycles. The molecule has 0 aliphatic carbocycles. The largest absolute Gasteiger partial charge is 0.497 e. The second kappa shape index (κ2) is 9.01. The van der Waals surface area contributed by atoms with Gasteiger partial charge >= 0.3 is 5.97 Å². The van der Waals surface area contributed by atoms with E-state index in [1.807, 2.05) is 0 Å². The van der Waals surface area contributed by atoms with Crippen LogP contribution in [-0.2, 0) is 16.1 Å². The predicted molar refractivity (Wildman–Crippen MR) is 99.9 cm³/mol. The SMILES string of the molecule is COc1ccc(C(=O)NCC(=O)OCc2nc(-c3ccccc3Cl)no2)cc1. The Hall–Kier alpha value is -3.39. The zero-order valence-corrected chi connectivity index (χ0v) is 15.6. The molecule has 0 radical (unpaired) electrons. The molecule has 0 fully saturated rings. The van der Waals surface area contributed by atoms with E-state index in [0.717, 1.165) is 0 Å². The van der Waals surface area contributed by atoms with Crippen LogP contribution in [0.25, 0.3) is 11.4 Å². The molecule has 1 amide bonds. The van der Waals surface area contributed by atoms with Gasteiger partial charge in [-0.3, -0.25) is 9.59 Å². The maximum absolute atomic E-state index is 12.0. The zero-order chi connectivity index (χ0) is 19.9. The van der Waals surface area contributed by atoms with E-state index in [1.165, 1.54) is 7.11 Å². The standard InChI is InChI=1S/C19H16ClN3O5/c1-26-13-8-6-12(7-9-13)19(25)21-10-17(24)27-11-16-22-18(23-28-16)14-4-2-3-5-15(14)20/h2-9H,10-11H2,1H3,(H,21,25). The molecular formula is C19H16ClN3O5. The highest BCUT2D eigenvalue weighted by Crippen LogP contribution is 2.24. The van der Waals surface area contributed by atoms with Crippen LogP contribution in [-0.4, -0.2) is 35.7 Å². The fourth-order valence-electron chi connectivity index (χ4n) is 2.26. The maximum Gasteiger partial charge on any atom is 0.325 e. The van der Waals surface area contributed by atoms with Crippen molar-refractivity contribution in [2.75, 3.05) is 13.7 Å².